The molecule has 1 fully saturated rings. The van der Waals surface area contributed by atoms with E-state index in [0.717, 1.165) is 24.2 Å². The van der Waals surface area contributed by atoms with Gasteiger partial charge >= 0.3 is 0 Å². The van der Waals surface area contributed by atoms with Crippen molar-refractivity contribution in [2.24, 2.45) is 17.8 Å². The van der Waals surface area contributed by atoms with Crippen LogP contribution in [0, 0.1) is 17.8 Å². The number of hydrogen-bond acceptors (Lipinski definition) is 1. The first-order valence-electron chi connectivity index (χ1n) is 4.35. The molecule has 0 amide bonds. The Morgan fingerprint density at radius 3 is 2.40 bits per heavy atom. The topological polar surface area (TPSA) is 20.2 Å². The van der Waals surface area contributed by atoms with Crippen molar-refractivity contribution >= 4 is 0 Å². The van der Waals surface area contributed by atoms with Gasteiger partial charge in [0.25, 0.3) is 0 Å². The van der Waals surface area contributed by atoms with Crippen LogP contribution in [0.15, 0.2) is 0 Å². The van der Waals surface area contributed by atoms with Crippen LogP contribution in [0.4, 0.5) is 0 Å². The summed E-state index contributed by atoms with van der Waals surface area (Å²) in [5.41, 5.74) is 0. The van der Waals surface area contributed by atoms with Gasteiger partial charge in [-0.1, -0.05) is 13.8 Å². The van der Waals surface area contributed by atoms with Gasteiger partial charge in [0.15, 0.2) is 0 Å². The largest absolute Gasteiger partial charge is 0.396 e. The molecule has 1 rings (SSSR count). The van der Waals surface area contributed by atoms with Gasteiger partial charge in [-0.15, -0.1) is 0 Å². The number of aliphatic hydroxyl groups excluding tert-OH is 1. The van der Waals surface area contributed by atoms with Gasteiger partial charge < -0.3 is 5.11 Å². The molecule has 0 radical (unpaired) electrons. The zero-order valence-electron chi connectivity index (χ0n) is 7.01. The van der Waals surface area contributed by atoms with Gasteiger partial charge in [-0.25, -0.2) is 0 Å². The van der Waals surface area contributed by atoms with E-state index in [0.29, 0.717) is 6.61 Å². The molecule has 1 aliphatic carbocycles. The molecular weight excluding hydrogens is 124 g/mol. The molecule has 0 aromatic heterocycles. The molecule has 0 aromatic rings. The highest BCUT2D eigenvalue weighted by molar-refractivity contribution is 4.80. The predicted molar refractivity (Wildman–Crippen MR) is 42.8 cm³/mol. The fourth-order valence-electron chi connectivity index (χ4n) is 1.75. The molecule has 0 spiro atoms. The minimum atomic E-state index is 0.384. The van der Waals surface area contributed by atoms with Crippen molar-refractivity contribution in [2.45, 2.75) is 33.1 Å². The highest BCUT2D eigenvalue weighted by Gasteiger charge is 2.30. The van der Waals surface area contributed by atoms with Gasteiger partial charge in [-0.2, -0.15) is 0 Å². The zero-order valence-corrected chi connectivity index (χ0v) is 7.01. The first-order chi connectivity index (χ1) is 4.74. The summed E-state index contributed by atoms with van der Waals surface area (Å²) in [5.74, 6) is 2.66. The molecular formula is C9H18O. The summed E-state index contributed by atoms with van der Waals surface area (Å²) < 4.78 is 0. The average molecular weight is 142 g/mol. The zero-order chi connectivity index (χ0) is 7.56. The van der Waals surface area contributed by atoms with Crippen molar-refractivity contribution in [3.05, 3.63) is 0 Å². The molecule has 10 heavy (non-hydrogen) atoms. The summed E-state index contributed by atoms with van der Waals surface area (Å²) in [7, 11) is 0. The van der Waals surface area contributed by atoms with Crippen molar-refractivity contribution in [3.8, 4) is 0 Å². The van der Waals surface area contributed by atoms with Crippen molar-refractivity contribution in [3.63, 3.8) is 0 Å². The Bertz CT molecular complexity index is 92.9. The minimum Gasteiger partial charge on any atom is -0.396 e. The smallest absolute Gasteiger partial charge is 0.0433 e. The summed E-state index contributed by atoms with van der Waals surface area (Å²) in [4.78, 5) is 0. The third-order valence-electron chi connectivity index (χ3n) is 2.75. The highest BCUT2D eigenvalue weighted by Crippen LogP contribution is 2.40. The lowest BCUT2D eigenvalue weighted by Crippen LogP contribution is -2.28. The summed E-state index contributed by atoms with van der Waals surface area (Å²) in [5, 5.41) is 8.63. The van der Waals surface area contributed by atoms with Crippen LogP contribution < -0.4 is 0 Å². The SMILES string of the molecule is CC(C)C1CC(CCO)C1. The molecule has 0 saturated heterocycles. The van der Waals surface area contributed by atoms with Crippen molar-refractivity contribution in [1.29, 1.82) is 0 Å². The molecule has 0 aromatic carbocycles. The van der Waals surface area contributed by atoms with Gasteiger partial charge in [0.1, 0.15) is 0 Å². The molecule has 0 aliphatic heterocycles. The fraction of sp³-hybridized carbons (Fsp3) is 1.00. The van der Waals surface area contributed by atoms with Gasteiger partial charge in [-0.3, -0.25) is 0 Å². The average Bonchev–Trinajstić information content (AvgIpc) is 1.76. The Balaban J connectivity index is 2.06. The molecule has 1 aliphatic rings. The van der Waals surface area contributed by atoms with Gasteiger partial charge in [-0.05, 0) is 37.0 Å². The third-order valence-corrected chi connectivity index (χ3v) is 2.75. The van der Waals surface area contributed by atoms with Crippen LogP contribution >= 0.6 is 0 Å². The van der Waals surface area contributed by atoms with Gasteiger partial charge in [0.2, 0.25) is 0 Å². The molecule has 0 bridgehead atoms. The molecule has 60 valence electrons. The monoisotopic (exact) mass is 142 g/mol. The van der Waals surface area contributed by atoms with E-state index in [4.69, 9.17) is 5.11 Å². The molecule has 1 saturated carbocycles. The van der Waals surface area contributed by atoms with E-state index in [2.05, 4.69) is 13.8 Å². The van der Waals surface area contributed by atoms with Crippen molar-refractivity contribution in [1.82, 2.24) is 0 Å². The lowest BCUT2D eigenvalue weighted by molar-refractivity contribution is 0.111. The Morgan fingerprint density at radius 1 is 1.40 bits per heavy atom. The van der Waals surface area contributed by atoms with Crippen molar-refractivity contribution < 1.29 is 5.11 Å². The summed E-state index contributed by atoms with van der Waals surface area (Å²) >= 11 is 0. The van der Waals surface area contributed by atoms with E-state index >= 15 is 0 Å². The lowest BCUT2D eigenvalue weighted by Gasteiger charge is -2.37. The Hall–Kier alpha value is -0.0400. The lowest BCUT2D eigenvalue weighted by atomic mass is 9.68. The van der Waals surface area contributed by atoms with Crippen LogP contribution in [-0.4, -0.2) is 11.7 Å². The van der Waals surface area contributed by atoms with E-state index in [1.165, 1.54) is 12.8 Å². The van der Waals surface area contributed by atoms with Crippen LogP contribution in [0.1, 0.15) is 33.1 Å². The molecule has 0 atom stereocenters. The summed E-state index contributed by atoms with van der Waals surface area (Å²) in [6.45, 7) is 4.97. The second-order valence-corrected chi connectivity index (χ2v) is 3.85. The minimum absolute atomic E-state index is 0.384. The second kappa shape index (κ2) is 3.38. The summed E-state index contributed by atoms with van der Waals surface area (Å²) in [6.07, 6.45) is 3.75. The first-order valence-corrected chi connectivity index (χ1v) is 4.35. The van der Waals surface area contributed by atoms with E-state index in [1.807, 2.05) is 0 Å². The molecule has 0 unspecified atom stereocenters. The van der Waals surface area contributed by atoms with Crippen LogP contribution in [0.2, 0.25) is 0 Å². The van der Waals surface area contributed by atoms with Crippen molar-refractivity contribution in [2.75, 3.05) is 6.61 Å². The van der Waals surface area contributed by atoms with Gasteiger partial charge in [0.05, 0.1) is 0 Å². The molecule has 1 nitrogen and oxygen atoms in total. The molecule has 1 heteroatoms. The normalized spacial score (nSPS) is 32.4. The van der Waals surface area contributed by atoms with Crippen LogP contribution in [0.25, 0.3) is 0 Å². The van der Waals surface area contributed by atoms with Crippen LogP contribution in [0.5, 0.6) is 0 Å². The maximum Gasteiger partial charge on any atom is 0.0433 e. The number of hydrogen-bond donors (Lipinski definition) is 1. The Kier molecular flexibility index (Phi) is 2.72. The fourth-order valence-corrected chi connectivity index (χ4v) is 1.75. The third kappa shape index (κ3) is 1.72. The van der Waals surface area contributed by atoms with E-state index in [-0.39, 0.29) is 0 Å². The predicted octanol–water partition coefficient (Wildman–Crippen LogP) is 2.05. The van der Waals surface area contributed by atoms with Crippen LogP contribution in [-0.2, 0) is 0 Å². The first kappa shape index (κ1) is 8.06. The Labute approximate surface area is 63.4 Å². The Morgan fingerprint density at radius 2 is 2.00 bits per heavy atom. The second-order valence-electron chi connectivity index (χ2n) is 3.85. The standard InChI is InChI=1S/C9H18O/c1-7(2)9-5-8(6-9)3-4-10/h7-10H,3-6H2,1-2H3. The molecule has 1 N–H and O–H groups in total. The highest BCUT2D eigenvalue weighted by atomic mass is 16.3. The quantitative estimate of drug-likeness (QED) is 0.639. The van der Waals surface area contributed by atoms with E-state index < -0.39 is 0 Å². The van der Waals surface area contributed by atoms with E-state index in [9.17, 15) is 0 Å². The maximum absolute atomic E-state index is 8.63. The van der Waals surface area contributed by atoms with Crippen LogP contribution in [0.3, 0.4) is 0 Å². The number of aliphatic hydroxyl groups is 1. The maximum atomic E-state index is 8.63. The van der Waals surface area contributed by atoms with Gasteiger partial charge in [0, 0.05) is 6.61 Å². The molecule has 0 heterocycles. The van der Waals surface area contributed by atoms with E-state index in [1.54, 1.807) is 0 Å². The summed E-state index contributed by atoms with van der Waals surface area (Å²) in [6, 6.07) is 0. The number of rotatable bonds is 3.